The van der Waals surface area contributed by atoms with Crippen molar-refractivity contribution < 1.29 is 47.5 Å². The highest BCUT2D eigenvalue weighted by atomic mass is 32.3. The lowest BCUT2D eigenvalue weighted by Gasteiger charge is -2.39. The van der Waals surface area contributed by atoms with Crippen LogP contribution >= 0.6 is 11.8 Å². The summed E-state index contributed by atoms with van der Waals surface area (Å²) in [6.07, 6.45) is -6.29. The van der Waals surface area contributed by atoms with Crippen LogP contribution in [0.5, 0.6) is 0 Å². The van der Waals surface area contributed by atoms with Crippen molar-refractivity contribution in [1.29, 1.82) is 0 Å². The van der Waals surface area contributed by atoms with Crippen LogP contribution in [0.3, 0.4) is 0 Å². The molecule has 13 heteroatoms. The standard InChI is InChI=1S/C11H19NO10S2/c1-2-5(14)3-7(12-22-24(18,19)20)23-11-10(17)9(16)8(15)6(4-13)21-11/h2,5-6,8-11,13-17H,1,3-4H2,(H,18,19,20)/b12-7+/t5-,6?,8-,9?,10+,11+/m1/s1. The molecule has 0 radical (unpaired) electrons. The van der Waals surface area contributed by atoms with Crippen molar-refractivity contribution in [2.24, 2.45) is 5.16 Å². The van der Waals surface area contributed by atoms with E-state index in [-0.39, 0.29) is 11.5 Å². The number of aliphatic hydroxyl groups excluding tert-OH is 5. The van der Waals surface area contributed by atoms with Gasteiger partial charge in [-0.05, 0) is 0 Å². The number of rotatable bonds is 7. The van der Waals surface area contributed by atoms with Gasteiger partial charge in [-0.15, -0.1) is 6.58 Å². The lowest BCUT2D eigenvalue weighted by Crippen LogP contribution is -2.57. The molecule has 0 aromatic carbocycles. The average molecular weight is 389 g/mol. The van der Waals surface area contributed by atoms with E-state index in [2.05, 4.69) is 16.0 Å². The molecule has 24 heavy (non-hydrogen) atoms. The molecule has 6 N–H and O–H groups in total. The fraction of sp³-hybridized carbons (Fsp3) is 0.727. The first-order valence-electron chi connectivity index (χ1n) is 6.59. The predicted octanol–water partition coefficient (Wildman–Crippen LogP) is -2.41. The lowest BCUT2D eigenvalue weighted by molar-refractivity contribution is -0.205. The van der Waals surface area contributed by atoms with Crippen molar-refractivity contribution in [3.8, 4) is 0 Å². The summed E-state index contributed by atoms with van der Waals surface area (Å²) in [6.45, 7) is 2.67. The summed E-state index contributed by atoms with van der Waals surface area (Å²) in [5.41, 5.74) is -1.26. The minimum atomic E-state index is -4.89. The summed E-state index contributed by atoms with van der Waals surface area (Å²) in [6, 6.07) is 0. The highest BCUT2D eigenvalue weighted by Gasteiger charge is 2.44. The Morgan fingerprint density at radius 2 is 1.96 bits per heavy atom. The molecule has 0 amide bonds. The first-order valence-corrected chi connectivity index (χ1v) is 8.84. The second kappa shape index (κ2) is 9.07. The van der Waals surface area contributed by atoms with E-state index in [1.165, 1.54) is 0 Å². The maximum Gasteiger partial charge on any atom is 0.466 e. The third kappa shape index (κ3) is 6.27. The molecule has 1 aliphatic heterocycles. The van der Waals surface area contributed by atoms with Crippen LogP contribution in [0.25, 0.3) is 0 Å². The Hall–Kier alpha value is -0.770. The summed E-state index contributed by atoms with van der Waals surface area (Å²) in [7, 11) is -4.89. The Balaban J connectivity index is 2.92. The third-order valence-electron chi connectivity index (χ3n) is 2.99. The number of hydrogen-bond donors (Lipinski definition) is 6. The average Bonchev–Trinajstić information content (AvgIpc) is 2.52. The van der Waals surface area contributed by atoms with Gasteiger partial charge in [-0.25, -0.2) is 4.28 Å². The molecular formula is C11H19NO10S2. The molecule has 11 nitrogen and oxygen atoms in total. The van der Waals surface area contributed by atoms with Gasteiger partial charge in [0.15, 0.2) is 0 Å². The monoisotopic (exact) mass is 389 g/mol. The van der Waals surface area contributed by atoms with E-state index in [1.54, 1.807) is 0 Å². The second-order valence-corrected chi connectivity index (χ2v) is 6.99. The van der Waals surface area contributed by atoms with Crippen molar-refractivity contribution >= 4 is 27.2 Å². The van der Waals surface area contributed by atoms with E-state index >= 15 is 0 Å². The maximum atomic E-state index is 10.6. The van der Waals surface area contributed by atoms with E-state index in [9.17, 15) is 28.8 Å². The minimum Gasteiger partial charge on any atom is -0.394 e. The Kier molecular flexibility index (Phi) is 8.04. The van der Waals surface area contributed by atoms with Crippen LogP contribution in [-0.4, -0.2) is 86.1 Å². The third-order valence-corrected chi connectivity index (χ3v) is 4.39. The molecule has 6 atom stereocenters. The predicted molar refractivity (Wildman–Crippen MR) is 82.2 cm³/mol. The smallest absolute Gasteiger partial charge is 0.394 e. The zero-order chi connectivity index (χ0) is 18.5. The first kappa shape index (κ1) is 21.3. The molecule has 2 unspecified atom stereocenters. The maximum absolute atomic E-state index is 10.6. The van der Waals surface area contributed by atoms with E-state index in [0.29, 0.717) is 11.8 Å². The topological polar surface area (TPSA) is 186 Å². The van der Waals surface area contributed by atoms with Crippen LogP contribution in [0.1, 0.15) is 6.42 Å². The van der Waals surface area contributed by atoms with Gasteiger partial charge in [0.05, 0.1) is 12.7 Å². The fourth-order valence-electron chi connectivity index (χ4n) is 1.76. The number of ether oxygens (including phenoxy) is 1. The normalized spacial score (nSPS) is 33.1. The van der Waals surface area contributed by atoms with Gasteiger partial charge in [0.25, 0.3) is 0 Å². The van der Waals surface area contributed by atoms with Gasteiger partial charge < -0.3 is 30.3 Å². The minimum absolute atomic E-state index is 0.218. The zero-order valence-corrected chi connectivity index (χ0v) is 13.9. The fourth-order valence-corrected chi connectivity index (χ4v) is 3.10. The summed E-state index contributed by atoms with van der Waals surface area (Å²) in [5.74, 6) is 0. The highest BCUT2D eigenvalue weighted by Crippen LogP contribution is 2.30. The Bertz CT molecular complexity index is 551. The number of nitrogens with zero attached hydrogens (tertiary/aromatic N) is 1. The Morgan fingerprint density at radius 3 is 2.46 bits per heavy atom. The van der Waals surface area contributed by atoms with Crippen LogP contribution in [0, 0.1) is 0 Å². The van der Waals surface area contributed by atoms with Gasteiger partial charge in [-0.1, -0.05) is 23.0 Å². The van der Waals surface area contributed by atoms with Gasteiger partial charge in [-0.3, -0.25) is 4.55 Å². The van der Waals surface area contributed by atoms with Gasteiger partial charge in [0.1, 0.15) is 34.9 Å². The van der Waals surface area contributed by atoms with E-state index < -0.39 is 53.0 Å². The molecule has 1 heterocycles. The lowest BCUT2D eigenvalue weighted by atomic mass is 10.0. The second-order valence-electron chi connectivity index (χ2n) is 4.81. The van der Waals surface area contributed by atoms with Crippen LogP contribution in [-0.2, 0) is 19.4 Å². The summed E-state index contributed by atoms with van der Waals surface area (Å²) < 4.78 is 38.8. The summed E-state index contributed by atoms with van der Waals surface area (Å²) in [5, 5.41) is 50.8. The molecule has 1 fully saturated rings. The molecule has 1 rings (SSSR count). The number of aliphatic hydroxyl groups is 5. The van der Waals surface area contributed by atoms with Crippen molar-refractivity contribution in [2.45, 2.75) is 42.4 Å². The molecule has 1 aliphatic rings. The molecule has 0 spiro atoms. The van der Waals surface area contributed by atoms with Crippen LogP contribution in [0.2, 0.25) is 0 Å². The van der Waals surface area contributed by atoms with E-state index in [1.807, 2.05) is 0 Å². The van der Waals surface area contributed by atoms with Crippen LogP contribution in [0.4, 0.5) is 0 Å². The molecule has 0 saturated carbocycles. The molecule has 0 aromatic heterocycles. The first-order chi connectivity index (χ1) is 11.1. The number of thioether (sulfide) groups is 1. The van der Waals surface area contributed by atoms with Crippen LogP contribution in [0.15, 0.2) is 17.8 Å². The summed E-state index contributed by atoms with van der Waals surface area (Å²) in [4.78, 5) is 0. The molecule has 1 saturated heterocycles. The Morgan fingerprint density at radius 1 is 1.33 bits per heavy atom. The van der Waals surface area contributed by atoms with Crippen molar-refractivity contribution in [2.75, 3.05) is 6.61 Å². The summed E-state index contributed by atoms with van der Waals surface area (Å²) >= 11 is 0.570. The van der Waals surface area contributed by atoms with E-state index in [0.717, 1.165) is 6.08 Å². The molecule has 0 aromatic rings. The zero-order valence-electron chi connectivity index (χ0n) is 12.2. The SMILES string of the molecule is C=C[C@@H](O)C/C(=N\OS(=O)(=O)O)S[C@@H]1OC(CO)[C@@H](O)C(O)[C@@H]1O. The van der Waals surface area contributed by atoms with Crippen molar-refractivity contribution in [1.82, 2.24) is 0 Å². The number of hydrogen-bond acceptors (Lipinski definition) is 11. The van der Waals surface area contributed by atoms with Crippen LogP contribution < -0.4 is 0 Å². The van der Waals surface area contributed by atoms with Crippen molar-refractivity contribution in [3.63, 3.8) is 0 Å². The number of oxime groups is 1. The quantitative estimate of drug-likeness (QED) is 0.0895. The van der Waals surface area contributed by atoms with E-state index in [4.69, 9.17) is 14.4 Å². The van der Waals surface area contributed by atoms with Gasteiger partial charge in [-0.2, -0.15) is 8.42 Å². The van der Waals surface area contributed by atoms with Crippen molar-refractivity contribution in [3.05, 3.63) is 12.7 Å². The van der Waals surface area contributed by atoms with Gasteiger partial charge >= 0.3 is 10.4 Å². The molecule has 0 aliphatic carbocycles. The Labute approximate surface area is 142 Å². The van der Waals surface area contributed by atoms with Gasteiger partial charge in [0.2, 0.25) is 0 Å². The molecule has 140 valence electrons. The molecule has 0 bridgehead atoms. The largest absolute Gasteiger partial charge is 0.466 e. The highest BCUT2D eigenvalue weighted by molar-refractivity contribution is 8.14. The molecular weight excluding hydrogens is 370 g/mol. The van der Waals surface area contributed by atoms with Gasteiger partial charge in [0, 0.05) is 6.42 Å².